The van der Waals surface area contributed by atoms with Gasteiger partial charge in [0.1, 0.15) is 5.57 Å². The van der Waals surface area contributed by atoms with Gasteiger partial charge in [-0.2, -0.15) is 0 Å². The first-order valence-corrected chi connectivity index (χ1v) is 10.5. The minimum atomic E-state index is -0.773. The summed E-state index contributed by atoms with van der Waals surface area (Å²) < 4.78 is 11.8. The predicted molar refractivity (Wildman–Crippen MR) is 122 cm³/mol. The fourth-order valence-corrected chi connectivity index (χ4v) is 3.83. The second-order valence-corrected chi connectivity index (χ2v) is 7.61. The lowest BCUT2D eigenvalue weighted by Gasteiger charge is -2.26. The molecule has 0 bridgehead atoms. The Morgan fingerprint density at radius 2 is 1.80 bits per heavy atom. The molecule has 1 N–H and O–H groups in total. The Labute approximate surface area is 188 Å². The molecule has 4 amide bonds. The van der Waals surface area contributed by atoms with Crippen molar-refractivity contribution in [3.63, 3.8) is 0 Å². The summed E-state index contributed by atoms with van der Waals surface area (Å²) in [6.45, 7) is 4.36. The Morgan fingerprint density at radius 1 is 1.10 bits per heavy atom. The number of rotatable bonds is 6. The van der Waals surface area contributed by atoms with Gasteiger partial charge in [-0.05, 0) is 77.4 Å². The number of anilines is 1. The topological polar surface area (TPSA) is 84.9 Å². The number of carbonyl (C=O) groups excluding carboxylic acids is 3. The van der Waals surface area contributed by atoms with E-state index in [4.69, 9.17) is 9.47 Å². The monoisotopic (exact) mass is 520 g/mol. The zero-order valence-electron chi connectivity index (χ0n) is 16.8. The molecule has 0 aromatic heterocycles. The number of nitrogens with zero attached hydrogens (tertiary/aromatic N) is 1. The van der Waals surface area contributed by atoms with Gasteiger partial charge in [0, 0.05) is 0 Å². The van der Waals surface area contributed by atoms with Crippen molar-refractivity contribution in [3.05, 3.63) is 56.7 Å². The van der Waals surface area contributed by atoms with E-state index in [1.54, 1.807) is 24.3 Å². The first-order valence-electron chi connectivity index (χ1n) is 9.40. The Kier molecular flexibility index (Phi) is 6.76. The Bertz CT molecular complexity index is 1030. The number of amides is 4. The van der Waals surface area contributed by atoms with Gasteiger partial charge in [0.2, 0.25) is 0 Å². The number of carbonyl (C=O) groups is 3. The lowest BCUT2D eigenvalue weighted by Crippen LogP contribution is -2.54. The van der Waals surface area contributed by atoms with E-state index in [0.717, 1.165) is 20.5 Å². The van der Waals surface area contributed by atoms with Crippen molar-refractivity contribution in [2.24, 2.45) is 0 Å². The molecule has 0 saturated carbocycles. The van der Waals surface area contributed by atoms with Crippen LogP contribution in [0.1, 0.15) is 25.0 Å². The fraction of sp³-hybridized carbons (Fsp3) is 0.227. The van der Waals surface area contributed by atoms with Crippen LogP contribution in [0, 0.1) is 3.57 Å². The summed E-state index contributed by atoms with van der Waals surface area (Å²) >= 11 is 2.10. The summed E-state index contributed by atoms with van der Waals surface area (Å²) in [7, 11) is 1.52. The van der Waals surface area contributed by atoms with Gasteiger partial charge in [-0.15, -0.1) is 0 Å². The summed E-state index contributed by atoms with van der Waals surface area (Å²) in [5.74, 6) is -0.345. The number of ether oxygens (including phenoxy) is 2. The molecular weight excluding hydrogens is 499 g/mol. The van der Waals surface area contributed by atoms with Gasteiger partial charge in [-0.25, -0.2) is 9.69 Å². The van der Waals surface area contributed by atoms with Crippen molar-refractivity contribution < 1.29 is 23.9 Å². The molecule has 2 aromatic rings. The highest BCUT2D eigenvalue weighted by atomic mass is 127. The second-order valence-electron chi connectivity index (χ2n) is 6.44. The maximum atomic E-state index is 13.0. The highest BCUT2D eigenvalue weighted by molar-refractivity contribution is 14.1. The van der Waals surface area contributed by atoms with Crippen LogP contribution < -0.4 is 19.7 Å². The molecule has 1 aliphatic rings. The van der Waals surface area contributed by atoms with Gasteiger partial charge in [0.25, 0.3) is 11.8 Å². The molecule has 1 aliphatic heterocycles. The SMILES string of the molecule is CCOc1c(I)cc(/C=C2\C(=O)NC(=O)N(c3ccc(CC)cc3)C2=O)cc1OC. The third-order valence-electron chi connectivity index (χ3n) is 4.56. The average molecular weight is 520 g/mol. The van der Waals surface area contributed by atoms with Gasteiger partial charge < -0.3 is 9.47 Å². The highest BCUT2D eigenvalue weighted by Crippen LogP contribution is 2.35. The largest absolute Gasteiger partial charge is 0.493 e. The van der Waals surface area contributed by atoms with Crippen molar-refractivity contribution in [3.8, 4) is 11.5 Å². The van der Waals surface area contributed by atoms with E-state index in [2.05, 4.69) is 27.9 Å². The van der Waals surface area contributed by atoms with Crippen LogP contribution in [0.3, 0.4) is 0 Å². The van der Waals surface area contributed by atoms with Gasteiger partial charge in [0.05, 0.1) is 23.0 Å². The molecule has 156 valence electrons. The maximum Gasteiger partial charge on any atom is 0.335 e. The number of halogens is 1. The van der Waals surface area contributed by atoms with Crippen LogP contribution in [0.4, 0.5) is 10.5 Å². The summed E-state index contributed by atoms with van der Waals surface area (Å²) in [4.78, 5) is 38.7. The zero-order valence-corrected chi connectivity index (χ0v) is 19.0. The number of hydrogen-bond acceptors (Lipinski definition) is 5. The number of benzene rings is 2. The van der Waals surface area contributed by atoms with Crippen molar-refractivity contribution >= 4 is 52.2 Å². The van der Waals surface area contributed by atoms with Gasteiger partial charge >= 0.3 is 6.03 Å². The standard InChI is InChI=1S/C22H21IN2O5/c1-4-13-6-8-15(9-7-13)25-21(27)16(20(26)24-22(25)28)10-14-11-17(23)19(30-5-2)18(12-14)29-3/h6-12H,4-5H2,1-3H3,(H,24,26,28)/b16-10+. The van der Waals surface area contributed by atoms with E-state index in [1.807, 2.05) is 26.0 Å². The molecular formula is C22H21IN2O5. The number of methoxy groups -OCH3 is 1. The number of aryl methyl sites for hydroxylation is 1. The van der Waals surface area contributed by atoms with E-state index in [0.29, 0.717) is 29.4 Å². The third kappa shape index (κ3) is 4.33. The van der Waals surface area contributed by atoms with Crippen LogP contribution in [0.25, 0.3) is 6.08 Å². The lowest BCUT2D eigenvalue weighted by molar-refractivity contribution is -0.122. The van der Waals surface area contributed by atoms with E-state index in [-0.39, 0.29) is 5.57 Å². The van der Waals surface area contributed by atoms with Crippen LogP contribution in [0.2, 0.25) is 0 Å². The van der Waals surface area contributed by atoms with Gasteiger partial charge in [-0.3, -0.25) is 14.9 Å². The smallest absolute Gasteiger partial charge is 0.335 e. The Balaban J connectivity index is 2.01. The number of barbiturate groups is 1. The van der Waals surface area contributed by atoms with Crippen molar-refractivity contribution in [1.29, 1.82) is 0 Å². The van der Waals surface area contributed by atoms with Crippen LogP contribution in [0.15, 0.2) is 42.0 Å². The molecule has 0 spiro atoms. The number of hydrogen-bond donors (Lipinski definition) is 1. The van der Waals surface area contributed by atoms with Crippen molar-refractivity contribution in [2.75, 3.05) is 18.6 Å². The molecule has 1 fully saturated rings. The molecule has 0 radical (unpaired) electrons. The predicted octanol–water partition coefficient (Wildman–Crippen LogP) is 3.93. The average Bonchev–Trinajstić information content (AvgIpc) is 2.73. The van der Waals surface area contributed by atoms with Crippen molar-refractivity contribution in [1.82, 2.24) is 5.32 Å². The highest BCUT2D eigenvalue weighted by Gasteiger charge is 2.36. The van der Waals surface area contributed by atoms with E-state index < -0.39 is 17.8 Å². The first kappa shape index (κ1) is 21.8. The van der Waals surface area contributed by atoms with Crippen LogP contribution in [-0.4, -0.2) is 31.6 Å². The second kappa shape index (κ2) is 9.29. The van der Waals surface area contributed by atoms with Crippen LogP contribution in [0.5, 0.6) is 11.5 Å². The van der Waals surface area contributed by atoms with E-state index >= 15 is 0 Å². The van der Waals surface area contributed by atoms with Gasteiger partial charge in [0.15, 0.2) is 11.5 Å². The molecule has 7 nitrogen and oxygen atoms in total. The van der Waals surface area contributed by atoms with Crippen LogP contribution in [-0.2, 0) is 16.0 Å². The zero-order chi connectivity index (χ0) is 21.8. The first-order chi connectivity index (χ1) is 14.4. The molecule has 0 atom stereocenters. The minimum absolute atomic E-state index is 0.142. The van der Waals surface area contributed by atoms with Crippen LogP contribution >= 0.6 is 22.6 Å². The molecule has 2 aromatic carbocycles. The molecule has 30 heavy (non-hydrogen) atoms. The number of imide groups is 2. The molecule has 1 heterocycles. The Hall–Kier alpha value is -2.88. The normalized spacial score (nSPS) is 15.4. The van der Waals surface area contributed by atoms with Crippen molar-refractivity contribution in [2.45, 2.75) is 20.3 Å². The van der Waals surface area contributed by atoms with E-state index in [9.17, 15) is 14.4 Å². The van der Waals surface area contributed by atoms with Gasteiger partial charge in [-0.1, -0.05) is 19.1 Å². The number of nitrogens with one attached hydrogen (secondary N) is 1. The summed E-state index contributed by atoms with van der Waals surface area (Å²) in [5.41, 5.74) is 1.91. The molecule has 1 saturated heterocycles. The lowest BCUT2D eigenvalue weighted by atomic mass is 10.1. The summed E-state index contributed by atoms with van der Waals surface area (Å²) in [6, 6.07) is 9.74. The maximum absolute atomic E-state index is 13.0. The molecule has 0 unspecified atom stereocenters. The third-order valence-corrected chi connectivity index (χ3v) is 5.36. The minimum Gasteiger partial charge on any atom is -0.493 e. The Morgan fingerprint density at radius 3 is 2.40 bits per heavy atom. The molecule has 8 heteroatoms. The summed E-state index contributed by atoms with van der Waals surface area (Å²) in [5, 5.41) is 2.23. The molecule has 3 rings (SSSR count). The summed E-state index contributed by atoms with van der Waals surface area (Å²) in [6.07, 6.45) is 2.28. The fourth-order valence-electron chi connectivity index (χ4n) is 3.05. The van der Waals surface area contributed by atoms with E-state index in [1.165, 1.54) is 13.2 Å². The number of urea groups is 1. The molecule has 0 aliphatic carbocycles. The quantitative estimate of drug-likeness (QED) is 0.355.